The Bertz CT molecular complexity index is 1060. The van der Waals surface area contributed by atoms with Gasteiger partial charge in [0.1, 0.15) is 5.82 Å². The van der Waals surface area contributed by atoms with Crippen molar-refractivity contribution in [3.63, 3.8) is 0 Å². The van der Waals surface area contributed by atoms with Gasteiger partial charge in [-0.05, 0) is 30.7 Å². The first-order valence-corrected chi connectivity index (χ1v) is 11.4. The molecule has 1 amide bonds. The third kappa shape index (κ3) is 5.11. The molecule has 1 aliphatic rings. The Balaban J connectivity index is 1.57. The summed E-state index contributed by atoms with van der Waals surface area (Å²) in [7, 11) is 1.79. The number of ether oxygens (including phenoxy) is 1. The van der Waals surface area contributed by atoms with Crippen molar-refractivity contribution in [3.05, 3.63) is 66.0 Å². The van der Waals surface area contributed by atoms with Gasteiger partial charge in [0.15, 0.2) is 5.16 Å². The largest absolute Gasteiger partial charge is 0.378 e. The fourth-order valence-corrected chi connectivity index (χ4v) is 4.58. The van der Waals surface area contributed by atoms with Crippen LogP contribution in [0.2, 0.25) is 0 Å². The molecule has 9 heteroatoms. The molecule has 1 unspecified atom stereocenters. The summed E-state index contributed by atoms with van der Waals surface area (Å²) in [4.78, 5) is 16.8. The summed E-state index contributed by atoms with van der Waals surface area (Å²) in [5.74, 6) is 0.269. The number of aromatic nitrogens is 3. The number of hydrogen-bond donors (Lipinski definition) is 0. The Labute approximate surface area is 191 Å². The fourth-order valence-electron chi connectivity index (χ4n) is 3.60. The lowest BCUT2D eigenvalue weighted by molar-refractivity contribution is -0.129. The fraction of sp³-hybridized carbons (Fsp3) is 0.348. The van der Waals surface area contributed by atoms with Crippen LogP contribution in [0.15, 0.2) is 59.8 Å². The average Bonchev–Trinajstić information content (AvgIpc) is 3.23. The Hall–Kier alpha value is -2.91. The van der Waals surface area contributed by atoms with Crippen LogP contribution >= 0.6 is 11.8 Å². The van der Waals surface area contributed by atoms with Gasteiger partial charge >= 0.3 is 0 Å². The van der Waals surface area contributed by atoms with Crippen molar-refractivity contribution in [1.29, 1.82) is 0 Å². The Kier molecular flexibility index (Phi) is 7.06. The number of morpholine rings is 1. The summed E-state index contributed by atoms with van der Waals surface area (Å²) >= 11 is 1.32. The lowest BCUT2D eigenvalue weighted by atomic mass is 10.2. The Morgan fingerprint density at radius 3 is 2.62 bits per heavy atom. The van der Waals surface area contributed by atoms with Gasteiger partial charge in [-0.3, -0.25) is 9.36 Å². The first-order chi connectivity index (χ1) is 15.5. The zero-order chi connectivity index (χ0) is 22.5. The maximum absolute atomic E-state index is 14.0. The summed E-state index contributed by atoms with van der Waals surface area (Å²) in [6.07, 6.45) is 0. The molecule has 32 heavy (non-hydrogen) atoms. The van der Waals surface area contributed by atoms with E-state index in [4.69, 9.17) is 4.74 Å². The lowest BCUT2D eigenvalue weighted by Gasteiger charge is -2.28. The van der Waals surface area contributed by atoms with Crippen LogP contribution in [-0.4, -0.2) is 64.2 Å². The molecule has 1 aliphatic heterocycles. The molecule has 0 aliphatic carbocycles. The van der Waals surface area contributed by atoms with Crippen molar-refractivity contribution in [3.8, 4) is 5.69 Å². The molecule has 2 aromatic carbocycles. The lowest BCUT2D eigenvalue weighted by Crippen LogP contribution is -2.38. The quantitative estimate of drug-likeness (QED) is 0.509. The highest BCUT2D eigenvalue weighted by atomic mass is 32.2. The molecule has 1 atom stereocenters. The summed E-state index contributed by atoms with van der Waals surface area (Å²) in [6.45, 7) is 4.92. The number of carbonyl (C=O) groups excluding carboxylic acids is 1. The zero-order valence-corrected chi connectivity index (χ0v) is 19.0. The van der Waals surface area contributed by atoms with Gasteiger partial charge in [-0.25, -0.2) is 4.39 Å². The molecule has 0 N–H and O–H groups in total. The zero-order valence-electron chi connectivity index (χ0n) is 18.1. The van der Waals surface area contributed by atoms with E-state index in [0.29, 0.717) is 49.6 Å². The van der Waals surface area contributed by atoms with E-state index in [1.54, 1.807) is 18.0 Å². The second kappa shape index (κ2) is 10.1. The van der Waals surface area contributed by atoms with Crippen molar-refractivity contribution >= 4 is 23.6 Å². The van der Waals surface area contributed by atoms with E-state index in [2.05, 4.69) is 15.1 Å². The van der Waals surface area contributed by atoms with E-state index in [1.807, 2.05) is 47.9 Å². The molecule has 7 nitrogen and oxygen atoms in total. The van der Waals surface area contributed by atoms with Gasteiger partial charge in [0.05, 0.1) is 24.2 Å². The number of benzene rings is 2. The number of carbonyl (C=O) groups is 1. The number of nitrogens with zero attached hydrogens (tertiary/aromatic N) is 5. The van der Waals surface area contributed by atoms with E-state index >= 15 is 0 Å². The number of halogens is 1. The highest BCUT2D eigenvalue weighted by molar-refractivity contribution is 8.00. The van der Waals surface area contributed by atoms with Crippen molar-refractivity contribution < 1.29 is 13.9 Å². The molecule has 1 saturated heterocycles. The van der Waals surface area contributed by atoms with E-state index in [0.717, 1.165) is 5.56 Å². The maximum atomic E-state index is 14.0. The Morgan fingerprint density at radius 1 is 1.16 bits per heavy atom. The van der Waals surface area contributed by atoms with Crippen LogP contribution in [0.4, 0.5) is 10.3 Å². The Morgan fingerprint density at radius 2 is 1.91 bits per heavy atom. The molecule has 0 saturated carbocycles. The van der Waals surface area contributed by atoms with Crippen molar-refractivity contribution in [1.82, 2.24) is 19.7 Å². The van der Waals surface area contributed by atoms with Crippen LogP contribution < -0.4 is 4.90 Å². The molecule has 3 aromatic rings. The number of hydrogen-bond acceptors (Lipinski definition) is 6. The van der Waals surface area contributed by atoms with Crippen molar-refractivity contribution in [2.75, 3.05) is 38.3 Å². The van der Waals surface area contributed by atoms with Crippen LogP contribution in [0.1, 0.15) is 12.5 Å². The van der Waals surface area contributed by atoms with Crippen LogP contribution in [0, 0.1) is 5.82 Å². The van der Waals surface area contributed by atoms with Gasteiger partial charge in [0.25, 0.3) is 0 Å². The number of rotatable bonds is 7. The van der Waals surface area contributed by atoms with Crippen LogP contribution in [0.5, 0.6) is 0 Å². The molecule has 0 radical (unpaired) electrons. The first-order valence-electron chi connectivity index (χ1n) is 10.5. The first kappa shape index (κ1) is 22.3. The summed E-state index contributed by atoms with van der Waals surface area (Å²) in [5, 5.41) is 8.91. The maximum Gasteiger partial charge on any atom is 0.235 e. The molecule has 0 spiro atoms. The molecule has 2 heterocycles. The highest BCUT2D eigenvalue weighted by Gasteiger charge is 2.26. The minimum Gasteiger partial charge on any atom is -0.378 e. The van der Waals surface area contributed by atoms with Crippen LogP contribution in [-0.2, 0) is 16.1 Å². The topological polar surface area (TPSA) is 63.5 Å². The molecule has 4 rings (SSSR count). The van der Waals surface area contributed by atoms with E-state index in [9.17, 15) is 9.18 Å². The summed E-state index contributed by atoms with van der Waals surface area (Å²) < 4.78 is 21.3. The van der Waals surface area contributed by atoms with Gasteiger partial charge in [-0.15, -0.1) is 10.2 Å². The molecule has 0 bridgehead atoms. The third-order valence-electron chi connectivity index (χ3n) is 5.25. The predicted octanol–water partition coefficient (Wildman–Crippen LogP) is 3.38. The van der Waals surface area contributed by atoms with Gasteiger partial charge in [-0.2, -0.15) is 0 Å². The van der Waals surface area contributed by atoms with E-state index < -0.39 is 5.25 Å². The second-order valence-corrected chi connectivity index (χ2v) is 8.95. The predicted molar refractivity (Wildman–Crippen MR) is 123 cm³/mol. The summed E-state index contributed by atoms with van der Waals surface area (Å²) in [5.41, 5.74) is 1.69. The summed E-state index contributed by atoms with van der Waals surface area (Å²) in [6, 6.07) is 16.2. The van der Waals surface area contributed by atoms with Crippen molar-refractivity contribution in [2.45, 2.75) is 23.9 Å². The van der Waals surface area contributed by atoms with E-state index in [1.165, 1.54) is 23.9 Å². The second-order valence-electron chi connectivity index (χ2n) is 7.64. The normalized spacial score (nSPS) is 14.9. The number of thioether (sulfide) groups is 1. The number of amides is 1. The third-order valence-corrected chi connectivity index (χ3v) is 6.28. The molecular formula is C23H26FN5O2S. The minimum atomic E-state index is -0.391. The molecule has 168 valence electrons. The van der Waals surface area contributed by atoms with Gasteiger partial charge in [-0.1, -0.05) is 48.2 Å². The molecular weight excluding hydrogens is 429 g/mol. The SMILES string of the molecule is CC(Sc1nnc(N2CCOCC2)n1-c1cccc(F)c1)C(=O)N(C)Cc1ccccc1. The highest BCUT2D eigenvalue weighted by Crippen LogP contribution is 2.30. The van der Waals surface area contributed by atoms with Crippen LogP contribution in [0.3, 0.4) is 0 Å². The van der Waals surface area contributed by atoms with Gasteiger partial charge < -0.3 is 14.5 Å². The van der Waals surface area contributed by atoms with Gasteiger partial charge in [0.2, 0.25) is 11.9 Å². The van der Waals surface area contributed by atoms with Gasteiger partial charge in [0, 0.05) is 26.7 Å². The smallest absolute Gasteiger partial charge is 0.235 e. The number of anilines is 1. The monoisotopic (exact) mass is 455 g/mol. The van der Waals surface area contributed by atoms with E-state index in [-0.39, 0.29) is 11.7 Å². The molecule has 1 aromatic heterocycles. The van der Waals surface area contributed by atoms with Crippen LogP contribution in [0.25, 0.3) is 5.69 Å². The average molecular weight is 456 g/mol. The standard InChI is InChI=1S/C23H26FN5O2S/c1-17(21(30)27(2)16-18-7-4-3-5-8-18)32-23-26-25-22(28-11-13-31-14-12-28)29(23)20-10-6-9-19(24)15-20/h3-10,15,17H,11-14,16H2,1-2H3. The van der Waals surface area contributed by atoms with Crippen molar-refractivity contribution in [2.24, 2.45) is 0 Å². The molecule has 1 fully saturated rings. The minimum absolute atomic E-state index is 0.0134.